The Bertz CT molecular complexity index is 207. The van der Waals surface area contributed by atoms with Crippen LogP contribution in [0.5, 0.6) is 0 Å². The van der Waals surface area contributed by atoms with Crippen LogP contribution in [-0.2, 0) is 4.79 Å². The third-order valence-corrected chi connectivity index (χ3v) is 2.56. The molecule has 0 saturated carbocycles. The molecular formula is C10H17NO2. The summed E-state index contributed by atoms with van der Waals surface area (Å²) < 4.78 is 0. The maximum atomic E-state index is 10.5. The minimum Gasteiger partial charge on any atom is -0.481 e. The van der Waals surface area contributed by atoms with Gasteiger partial charge in [-0.25, -0.2) is 0 Å². The third-order valence-electron chi connectivity index (χ3n) is 2.56. The molecule has 3 heteroatoms. The second-order valence-corrected chi connectivity index (χ2v) is 3.68. The fourth-order valence-electron chi connectivity index (χ4n) is 1.70. The van der Waals surface area contributed by atoms with Gasteiger partial charge in [-0.3, -0.25) is 4.79 Å². The topological polar surface area (TPSA) is 40.5 Å². The number of hydrogen-bond donors (Lipinski definition) is 1. The molecule has 1 aliphatic rings. The van der Waals surface area contributed by atoms with E-state index in [-0.39, 0.29) is 12.3 Å². The monoisotopic (exact) mass is 183 g/mol. The number of hydrogen-bond acceptors (Lipinski definition) is 2. The van der Waals surface area contributed by atoms with E-state index in [0.717, 1.165) is 18.8 Å². The zero-order valence-corrected chi connectivity index (χ0v) is 8.12. The standard InChI is InChI=1S/C10H17NO2/c1-8(7-10(12)13)9(2)11-5-3-4-6-11/h8H,2-7H2,1H3,(H,12,13)/t8-/m0/s1. The summed E-state index contributed by atoms with van der Waals surface area (Å²) in [4.78, 5) is 12.7. The van der Waals surface area contributed by atoms with Crippen molar-refractivity contribution in [2.24, 2.45) is 5.92 Å². The number of rotatable bonds is 4. The van der Waals surface area contributed by atoms with Gasteiger partial charge >= 0.3 is 5.97 Å². The molecule has 13 heavy (non-hydrogen) atoms. The first-order chi connectivity index (χ1) is 6.11. The van der Waals surface area contributed by atoms with E-state index < -0.39 is 5.97 Å². The van der Waals surface area contributed by atoms with Gasteiger partial charge in [0.05, 0.1) is 6.42 Å². The average Bonchev–Trinajstić information content (AvgIpc) is 2.53. The van der Waals surface area contributed by atoms with E-state index in [1.807, 2.05) is 6.92 Å². The van der Waals surface area contributed by atoms with Gasteiger partial charge in [-0.2, -0.15) is 0 Å². The van der Waals surface area contributed by atoms with Crippen molar-refractivity contribution in [2.45, 2.75) is 26.2 Å². The summed E-state index contributed by atoms with van der Waals surface area (Å²) >= 11 is 0. The van der Waals surface area contributed by atoms with Crippen molar-refractivity contribution >= 4 is 5.97 Å². The summed E-state index contributed by atoms with van der Waals surface area (Å²) in [6.45, 7) is 7.97. The van der Waals surface area contributed by atoms with Crippen LogP contribution in [0.2, 0.25) is 0 Å². The van der Waals surface area contributed by atoms with Crippen molar-refractivity contribution in [3.05, 3.63) is 12.3 Å². The number of carboxylic acids is 1. The Hall–Kier alpha value is -0.990. The number of aliphatic carboxylic acids is 1. The Balaban J connectivity index is 2.41. The van der Waals surface area contributed by atoms with Gasteiger partial charge in [0, 0.05) is 24.7 Å². The Morgan fingerprint density at radius 1 is 1.54 bits per heavy atom. The predicted octanol–water partition coefficient (Wildman–Crippen LogP) is 1.71. The molecule has 1 fully saturated rings. The Morgan fingerprint density at radius 2 is 2.08 bits per heavy atom. The van der Waals surface area contributed by atoms with E-state index in [9.17, 15) is 4.79 Å². The smallest absolute Gasteiger partial charge is 0.304 e. The van der Waals surface area contributed by atoms with Gasteiger partial charge < -0.3 is 10.0 Å². The molecule has 0 amide bonds. The molecule has 1 atom stereocenters. The maximum Gasteiger partial charge on any atom is 0.304 e. The molecule has 1 heterocycles. The molecule has 1 saturated heterocycles. The Labute approximate surface area is 79.0 Å². The minimum atomic E-state index is -0.743. The summed E-state index contributed by atoms with van der Waals surface area (Å²) in [7, 11) is 0. The molecule has 1 aliphatic heterocycles. The highest BCUT2D eigenvalue weighted by Crippen LogP contribution is 2.21. The molecule has 0 aromatic carbocycles. The number of allylic oxidation sites excluding steroid dienone is 1. The number of nitrogens with zero attached hydrogens (tertiary/aromatic N) is 1. The first-order valence-corrected chi connectivity index (χ1v) is 4.77. The van der Waals surface area contributed by atoms with E-state index in [1.54, 1.807) is 0 Å². The molecular weight excluding hydrogens is 166 g/mol. The third kappa shape index (κ3) is 2.76. The lowest BCUT2D eigenvalue weighted by Gasteiger charge is -2.24. The minimum absolute atomic E-state index is 0.0654. The lowest BCUT2D eigenvalue weighted by atomic mass is 10.0. The van der Waals surface area contributed by atoms with Crippen molar-refractivity contribution in [1.29, 1.82) is 0 Å². The molecule has 1 rings (SSSR count). The lowest BCUT2D eigenvalue weighted by molar-refractivity contribution is -0.137. The lowest BCUT2D eigenvalue weighted by Crippen LogP contribution is -2.23. The summed E-state index contributed by atoms with van der Waals surface area (Å²) in [5.41, 5.74) is 0.986. The van der Waals surface area contributed by atoms with Crippen LogP contribution in [-0.4, -0.2) is 29.1 Å². The van der Waals surface area contributed by atoms with E-state index >= 15 is 0 Å². The van der Waals surface area contributed by atoms with E-state index in [2.05, 4.69) is 11.5 Å². The van der Waals surface area contributed by atoms with E-state index in [0.29, 0.717) is 0 Å². The highest BCUT2D eigenvalue weighted by atomic mass is 16.4. The van der Waals surface area contributed by atoms with Gasteiger partial charge in [0.25, 0.3) is 0 Å². The average molecular weight is 183 g/mol. The largest absolute Gasteiger partial charge is 0.481 e. The first kappa shape index (κ1) is 10.1. The van der Waals surface area contributed by atoms with Crippen LogP contribution in [0.1, 0.15) is 26.2 Å². The van der Waals surface area contributed by atoms with Crippen LogP contribution in [0, 0.1) is 5.92 Å². The molecule has 0 aromatic heterocycles. The van der Waals surface area contributed by atoms with Gasteiger partial charge in [0.2, 0.25) is 0 Å². The molecule has 0 aliphatic carbocycles. The van der Waals surface area contributed by atoms with Crippen molar-refractivity contribution in [2.75, 3.05) is 13.1 Å². The van der Waals surface area contributed by atoms with E-state index in [1.165, 1.54) is 12.8 Å². The molecule has 1 N–H and O–H groups in total. The summed E-state index contributed by atoms with van der Waals surface area (Å²) in [6, 6.07) is 0. The van der Waals surface area contributed by atoms with Crippen molar-refractivity contribution in [1.82, 2.24) is 4.90 Å². The zero-order chi connectivity index (χ0) is 9.84. The molecule has 0 radical (unpaired) electrons. The van der Waals surface area contributed by atoms with Crippen LogP contribution in [0.15, 0.2) is 12.3 Å². The molecule has 0 bridgehead atoms. The molecule has 3 nitrogen and oxygen atoms in total. The van der Waals surface area contributed by atoms with Gasteiger partial charge in [-0.15, -0.1) is 0 Å². The highest BCUT2D eigenvalue weighted by molar-refractivity contribution is 5.67. The SMILES string of the molecule is C=C([C@@H](C)CC(=O)O)N1CCCC1. The maximum absolute atomic E-state index is 10.5. The summed E-state index contributed by atoms with van der Waals surface area (Å²) in [5.74, 6) is -0.677. The quantitative estimate of drug-likeness (QED) is 0.721. The van der Waals surface area contributed by atoms with Gasteiger partial charge in [-0.1, -0.05) is 13.5 Å². The first-order valence-electron chi connectivity index (χ1n) is 4.77. The number of carboxylic acid groups (broad SMARTS) is 1. The second kappa shape index (κ2) is 4.30. The van der Waals surface area contributed by atoms with Crippen LogP contribution in [0.3, 0.4) is 0 Å². The van der Waals surface area contributed by atoms with Crippen molar-refractivity contribution < 1.29 is 9.90 Å². The zero-order valence-electron chi connectivity index (χ0n) is 8.12. The molecule has 0 aromatic rings. The fourth-order valence-corrected chi connectivity index (χ4v) is 1.70. The van der Waals surface area contributed by atoms with Crippen molar-refractivity contribution in [3.8, 4) is 0 Å². The van der Waals surface area contributed by atoms with Gasteiger partial charge in [0.15, 0.2) is 0 Å². The van der Waals surface area contributed by atoms with Crippen LogP contribution in [0.25, 0.3) is 0 Å². The van der Waals surface area contributed by atoms with Crippen molar-refractivity contribution in [3.63, 3.8) is 0 Å². The number of carbonyl (C=O) groups is 1. The Morgan fingerprint density at radius 3 is 2.54 bits per heavy atom. The van der Waals surface area contributed by atoms with Crippen LogP contribution >= 0.6 is 0 Å². The van der Waals surface area contributed by atoms with Gasteiger partial charge in [0.1, 0.15) is 0 Å². The fraction of sp³-hybridized carbons (Fsp3) is 0.700. The molecule has 0 spiro atoms. The molecule has 0 unspecified atom stereocenters. The molecule has 74 valence electrons. The summed E-state index contributed by atoms with van der Waals surface area (Å²) in [6.07, 6.45) is 2.60. The van der Waals surface area contributed by atoms with Crippen LogP contribution in [0.4, 0.5) is 0 Å². The van der Waals surface area contributed by atoms with Crippen LogP contribution < -0.4 is 0 Å². The normalized spacial score (nSPS) is 18.7. The number of likely N-dealkylation sites (tertiary alicyclic amines) is 1. The summed E-state index contributed by atoms with van der Waals surface area (Å²) in [5, 5.41) is 8.62. The second-order valence-electron chi connectivity index (χ2n) is 3.68. The van der Waals surface area contributed by atoms with E-state index in [4.69, 9.17) is 5.11 Å². The van der Waals surface area contributed by atoms with Gasteiger partial charge in [-0.05, 0) is 12.8 Å². The predicted molar refractivity (Wildman–Crippen MR) is 51.4 cm³/mol. The highest BCUT2D eigenvalue weighted by Gasteiger charge is 2.19. The Kier molecular flexibility index (Phi) is 3.34.